The number of rotatable bonds is 3. The molecule has 0 bridgehead atoms. The minimum absolute atomic E-state index is 0.127. The zero-order valence-electron chi connectivity index (χ0n) is 8.90. The van der Waals surface area contributed by atoms with Crippen molar-refractivity contribution in [1.82, 2.24) is 20.5 Å². The van der Waals surface area contributed by atoms with Gasteiger partial charge in [0.25, 0.3) is 5.91 Å². The number of amides is 1. The number of aromatic amines is 1. The molecule has 0 unspecified atom stereocenters. The Kier molecular flexibility index (Phi) is 2.95. The molecule has 1 amide bonds. The second kappa shape index (κ2) is 4.57. The van der Waals surface area contributed by atoms with Crippen molar-refractivity contribution in [2.45, 2.75) is 13.5 Å². The first-order valence-corrected chi connectivity index (χ1v) is 4.93. The molecular formula is C11H12N4O. The van der Waals surface area contributed by atoms with Crippen LogP contribution in [0, 0.1) is 6.92 Å². The van der Waals surface area contributed by atoms with Gasteiger partial charge in [-0.2, -0.15) is 5.10 Å². The summed E-state index contributed by atoms with van der Waals surface area (Å²) in [5.41, 5.74) is 2.48. The lowest BCUT2D eigenvalue weighted by atomic mass is 10.2. The van der Waals surface area contributed by atoms with Gasteiger partial charge in [0.05, 0.1) is 11.8 Å². The summed E-state index contributed by atoms with van der Waals surface area (Å²) in [5.74, 6) is -0.127. The highest BCUT2D eigenvalue weighted by Crippen LogP contribution is 2.01. The van der Waals surface area contributed by atoms with E-state index in [9.17, 15) is 4.79 Å². The molecule has 0 aromatic carbocycles. The van der Waals surface area contributed by atoms with Crippen LogP contribution < -0.4 is 5.32 Å². The maximum atomic E-state index is 11.7. The van der Waals surface area contributed by atoms with Crippen molar-refractivity contribution in [3.05, 3.63) is 47.5 Å². The Balaban J connectivity index is 1.98. The molecule has 2 aromatic heterocycles. The molecule has 2 heterocycles. The summed E-state index contributed by atoms with van der Waals surface area (Å²) in [4.78, 5) is 15.7. The minimum Gasteiger partial charge on any atom is -0.348 e. The predicted molar refractivity (Wildman–Crippen MR) is 58.7 cm³/mol. The molecule has 2 N–H and O–H groups in total. The van der Waals surface area contributed by atoms with Crippen molar-refractivity contribution in [3.8, 4) is 0 Å². The Labute approximate surface area is 92.9 Å². The first kappa shape index (κ1) is 10.4. The lowest BCUT2D eigenvalue weighted by Crippen LogP contribution is -2.22. The zero-order valence-corrected chi connectivity index (χ0v) is 8.90. The molecule has 2 aromatic rings. The van der Waals surface area contributed by atoms with Gasteiger partial charge in [-0.25, -0.2) is 0 Å². The van der Waals surface area contributed by atoms with Crippen LogP contribution in [0.25, 0.3) is 0 Å². The molecule has 5 heteroatoms. The highest BCUT2D eigenvalue weighted by molar-refractivity contribution is 5.93. The van der Waals surface area contributed by atoms with Crippen LogP contribution in [-0.4, -0.2) is 21.1 Å². The quantitative estimate of drug-likeness (QED) is 0.805. The van der Waals surface area contributed by atoms with E-state index in [1.807, 2.05) is 6.92 Å². The lowest BCUT2D eigenvalue weighted by Gasteiger charge is -2.03. The third-order valence-corrected chi connectivity index (χ3v) is 2.15. The average molecular weight is 216 g/mol. The van der Waals surface area contributed by atoms with Gasteiger partial charge in [-0.3, -0.25) is 14.9 Å². The normalized spacial score (nSPS) is 10.1. The van der Waals surface area contributed by atoms with Gasteiger partial charge in [0, 0.05) is 30.7 Å². The third-order valence-electron chi connectivity index (χ3n) is 2.15. The van der Waals surface area contributed by atoms with Crippen LogP contribution in [0.1, 0.15) is 21.5 Å². The van der Waals surface area contributed by atoms with Gasteiger partial charge in [0.2, 0.25) is 0 Å². The van der Waals surface area contributed by atoms with E-state index in [0.29, 0.717) is 12.1 Å². The van der Waals surface area contributed by atoms with E-state index in [4.69, 9.17) is 0 Å². The fourth-order valence-electron chi connectivity index (χ4n) is 1.34. The average Bonchev–Trinajstić information content (AvgIpc) is 2.78. The number of H-pyrrole nitrogens is 1. The summed E-state index contributed by atoms with van der Waals surface area (Å²) in [6.07, 6.45) is 6.69. The molecule has 16 heavy (non-hydrogen) atoms. The standard InChI is InChI=1S/C11H12N4O/c1-8-2-10(7-12-3-8)11(16)13-4-9-5-14-15-6-9/h2-3,5-7H,4H2,1H3,(H,13,16)(H,14,15). The first-order chi connectivity index (χ1) is 7.75. The van der Waals surface area contributed by atoms with Crippen LogP contribution in [0.4, 0.5) is 0 Å². The molecule has 0 spiro atoms. The van der Waals surface area contributed by atoms with E-state index in [-0.39, 0.29) is 5.91 Å². The second-order valence-corrected chi connectivity index (χ2v) is 3.54. The van der Waals surface area contributed by atoms with Crippen LogP contribution in [0.3, 0.4) is 0 Å². The van der Waals surface area contributed by atoms with Gasteiger partial charge in [-0.1, -0.05) is 0 Å². The van der Waals surface area contributed by atoms with E-state index in [1.165, 1.54) is 0 Å². The number of carbonyl (C=O) groups is 1. The molecule has 2 rings (SSSR count). The van der Waals surface area contributed by atoms with Crippen LogP contribution in [-0.2, 0) is 6.54 Å². The molecule has 5 nitrogen and oxygen atoms in total. The Morgan fingerprint density at radius 3 is 3.00 bits per heavy atom. The fraction of sp³-hybridized carbons (Fsp3) is 0.182. The number of aromatic nitrogens is 3. The molecule has 82 valence electrons. The summed E-state index contributed by atoms with van der Waals surface area (Å²) in [6.45, 7) is 2.36. The van der Waals surface area contributed by atoms with E-state index < -0.39 is 0 Å². The van der Waals surface area contributed by atoms with Gasteiger partial charge in [-0.05, 0) is 18.6 Å². The van der Waals surface area contributed by atoms with Gasteiger partial charge < -0.3 is 5.32 Å². The summed E-state index contributed by atoms with van der Waals surface area (Å²) >= 11 is 0. The molecule has 0 aliphatic heterocycles. The molecule has 0 saturated heterocycles. The van der Waals surface area contributed by atoms with Crippen molar-refractivity contribution < 1.29 is 4.79 Å². The SMILES string of the molecule is Cc1cncc(C(=O)NCc2cn[nH]c2)c1. The Hall–Kier alpha value is -2.17. The van der Waals surface area contributed by atoms with E-state index in [0.717, 1.165) is 11.1 Å². The number of hydrogen-bond donors (Lipinski definition) is 2. The summed E-state index contributed by atoms with van der Waals surface area (Å²) < 4.78 is 0. The minimum atomic E-state index is -0.127. The summed E-state index contributed by atoms with van der Waals surface area (Å²) in [6, 6.07) is 1.80. The van der Waals surface area contributed by atoms with Gasteiger partial charge in [0.15, 0.2) is 0 Å². The van der Waals surface area contributed by atoms with Gasteiger partial charge in [-0.15, -0.1) is 0 Å². The van der Waals surface area contributed by atoms with Crippen LogP contribution in [0.15, 0.2) is 30.9 Å². The third kappa shape index (κ3) is 2.44. The van der Waals surface area contributed by atoms with Crippen LogP contribution in [0.2, 0.25) is 0 Å². The lowest BCUT2D eigenvalue weighted by molar-refractivity contribution is 0.0950. The molecule has 0 atom stereocenters. The van der Waals surface area contributed by atoms with Crippen molar-refractivity contribution in [2.24, 2.45) is 0 Å². The number of aryl methyl sites for hydroxylation is 1. The molecule has 0 fully saturated rings. The zero-order chi connectivity index (χ0) is 11.4. The first-order valence-electron chi connectivity index (χ1n) is 4.93. The van der Waals surface area contributed by atoms with Gasteiger partial charge in [0.1, 0.15) is 0 Å². The summed E-state index contributed by atoms with van der Waals surface area (Å²) in [5, 5.41) is 9.28. The Morgan fingerprint density at radius 1 is 1.44 bits per heavy atom. The van der Waals surface area contributed by atoms with Crippen molar-refractivity contribution >= 4 is 5.91 Å². The number of pyridine rings is 1. The number of nitrogens with one attached hydrogen (secondary N) is 2. The highest BCUT2D eigenvalue weighted by Gasteiger charge is 2.05. The largest absolute Gasteiger partial charge is 0.348 e. The number of hydrogen-bond acceptors (Lipinski definition) is 3. The summed E-state index contributed by atoms with van der Waals surface area (Å²) in [7, 11) is 0. The molecule has 0 saturated carbocycles. The Bertz CT molecular complexity index is 478. The van der Waals surface area contributed by atoms with E-state index in [2.05, 4.69) is 20.5 Å². The highest BCUT2D eigenvalue weighted by atomic mass is 16.1. The van der Waals surface area contributed by atoms with Crippen LogP contribution >= 0.6 is 0 Å². The maximum Gasteiger partial charge on any atom is 0.253 e. The van der Waals surface area contributed by atoms with Crippen molar-refractivity contribution in [3.63, 3.8) is 0 Å². The smallest absolute Gasteiger partial charge is 0.253 e. The second-order valence-electron chi connectivity index (χ2n) is 3.54. The monoisotopic (exact) mass is 216 g/mol. The number of carbonyl (C=O) groups excluding carboxylic acids is 1. The molecule has 0 aliphatic carbocycles. The topological polar surface area (TPSA) is 70.7 Å². The van der Waals surface area contributed by atoms with Crippen LogP contribution in [0.5, 0.6) is 0 Å². The molecular weight excluding hydrogens is 204 g/mol. The molecule has 0 radical (unpaired) electrons. The van der Waals surface area contributed by atoms with Crippen molar-refractivity contribution in [1.29, 1.82) is 0 Å². The van der Waals surface area contributed by atoms with E-state index in [1.54, 1.807) is 30.9 Å². The maximum absolute atomic E-state index is 11.7. The van der Waals surface area contributed by atoms with Crippen molar-refractivity contribution in [2.75, 3.05) is 0 Å². The Morgan fingerprint density at radius 2 is 2.31 bits per heavy atom. The fourth-order valence-corrected chi connectivity index (χ4v) is 1.34. The predicted octanol–water partition coefficient (Wildman–Crippen LogP) is 1.04. The molecule has 0 aliphatic rings. The number of nitrogens with zero attached hydrogens (tertiary/aromatic N) is 2. The van der Waals surface area contributed by atoms with E-state index >= 15 is 0 Å². The van der Waals surface area contributed by atoms with Gasteiger partial charge >= 0.3 is 0 Å².